The molecule has 0 atom stereocenters. The van der Waals surface area contributed by atoms with Gasteiger partial charge >= 0.3 is 11.6 Å². The Morgan fingerprint density at radius 2 is 1.82 bits per heavy atom. The third-order valence-electron chi connectivity index (χ3n) is 4.70. The Morgan fingerprint density at radius 3 is 2.48 bits per heavy atom. The quantitative estimate of drug-likeness (QED) is 0.148. The number of nitrogens with zero attached hydrogens (tertiary/aromatic N) is 4. The summed E-state index contributed by atoms with van der Waals surface area (Å²) in [4.78, 5) is 2.93. The molecule has 0 aliphatic heterocycles. The lowest BCUT2D eigenvalue weighted by atomic mass is 10.1. The van der Waals surface area contributed by atoms with E-state index in [0.717, 1.165) is 32.3 Å². The summed E-state index contributed by atoms with van der Waals surface area (Å²) in [5.74, 6) is 0.619. The van der Waals surface area contributed by atoms with Crippen molar-refractivity contribution in [2.45, 2.75) is 0 Å². The van der Waals surface area contributed by atoms with E-state index in [-0.39, 0.29) is 0 Å². The highest BCUT2D eigenvalue weighted by atomic mass is 79.9. The Bertz CT molecular complexity index is 1410. The number of hydrogen-bond donors (Lipinski definition) is 0. The van der Waals surface area contributed by atoms with Crippen molar-refractivity contribution in [3.8, 4) is 11.4 Å². The fourth-order valence-corrected chi connectivity index (χ4v) is 3.94. The first kappa shape index (κ1) is 24.3. The molecule has 0 N–H and O–H groups in total. The van der Waals surface area contributed by atoms with Crippen molar-refractivity contribution in [1.82, 2.24) is 4.57 Å². The van der Waals surface area contributed by atoms with E-state index in [0.29, 0.717) is 16.5 Å². The summed E-state index contributed by atoms with van der Waals surface area (Å²) in [6.45, 7) is 0. The van der Waals surface area contributed by atoms with Crippen molar-refractivity contribution in [3.05, 3.63) is 97.9 Å². The number of hydrogen-bond acceptors (Lipinski definition) is 4. The Balaban J connectivity index is 0.000000968. The molecule has 166 valence electrons. The van der Waals surface area contributed by atoms with Crippen LogP contribution in [0.2, 0.25) is 5.02 Å². The van der Waals surface area contributed by atoms with Gasteiger partial charge in [-0.15, -0.1) is 0 Å². The third kappa shape index (κ3) is 5.71. The van der Waals surface area contributed by atoms with Gasteiger partial charge < -0.3 is 9.30 Å². The maximum atomic E-state index is 8.87. The number of methoxy groups -OCH3 is 1. The number of ether oxygens (including phenoxy) is 1. The van der Waals surface area contributed by atoms with Gasteiger partial charge in [-0.05, 0) is 53.6 Å². The summed E-state index contributed by atoms with van der Waals surface area (Å²) < 4.78 is 25.0. The molecule has 0 saturated heterocycles. The van der Waals surface area contributed by atoms with Gasteiger partial charge in [0.2, 0.25) is 0 Å². The second-order valence-corrected chi connectivity index (χ2v) is 8.04. The van der Waals surface area contributed by atoms with Crippen LogP contribution >= 0.6 is 27.5 Å². The molecule has 4 rings (SSSR count). The topological polar surface area (TPSA) is 97.1 Å². The summed E-state index contributed by atoms with van der Waals surface area (Å²) in [5, 5.41) is 5.35. The van der Waals surface area contributed by atoms with E-state index in [4.69, 9.17) is 30.3 Å². The molecule has 0 aliphatic carbocycles. The molecule has 7 nitrogen and oxygen atoms in total. The van der Waals surface area contributed by atoms with E-state index in [9.17, 15) is 0 Å². The fraction of sp³-hybridized carbons (Fsp3) is 0.0435. The molecular weight excluding hydrogens is 528 g/mol. The summed E-state index contributed by atoms with van der Waals surface area (Å²) in [7, 11) is 1.61. The van der Waals surface area contributed by atoms with Gasteiger partial charge in [-0.2, -0.15) is 8.42 Å². The smallest absolute Gasteiger partial charge is 0.335 e. The molecule has 0 spiro atoms. The van der Waals surface area contributed by atoms with Crippen LogP contribution in [0, 0.1) is 0 Å². The van der Waals surface area contributed by atoms with E-state index in [1.54, 1.807) is 13.2 Å². The van der Waals surface area contributed by atoms with Crippen molar-refractivity contribution in [2.75, 3.05) is 7.11 Å². The van der Waals surface area contributed by atoms with Crippen LogP contribution in [0.4, 0.5) is 5.69 Å². The fourth-order valence-electron chi connectivity index (χ4n) is 3.34. The lowest BCUT2D eigenvalue weighted by molar-refractivity contribution is 0.415. The minimum absolute atomic E-state index is 0.551. The highest BCUT2D eigenvalue weighted by Gasteiger charge is 2.12. The van der Waals surface area contributed by atoms with Crippen molar-refractivity contribution in [2.24, 2.45) is 5.11 Å². The van der Waals surface area contributed by atoms with Gasteiger partial charge in [-0.3, -0.25) is 0 Å². The van der Waals surface area contributed by atoms with Crippen molar-refractivity contribution in [3.63, 3.8) is 0 Å². The lowest BCUT2D eigenvalue weighted by Gasteiger charge is -2.10. The van der Waals surface area contributed by atoms with Crippen LogP contribution in [-0.2, 0) is 11.6 Å². The number of aromatic nitrogens is 1. The summed E-state index contributed by atoms with van der Waals surface area (Å²) >= 11 is 9.01. The van der Waals surface area contributed by atoms with Crippen molar-refractivity contribution < 1.29 is 13.2 Å². The molecule has 0 unspecified atom stereocenters. The molecule has 10 heteroatoms. The van der Waals surface area contributed by atoms with Crippen LogP contribution < -0.4 is 4.74 Å². The maximum Gasteiger partial charge on any atom is 0.335 e. The van der Waals surface area contributed by atoms with E-state index < -0.39 is 11.6 Å². The molecular formula is C23H16BrClN4O3S. The number of rotatable bonds is 5. The first-order valence-electron chi connectivity index (χ1n) is 9.41. The number of para-hydroxylation sites is 1. The van der Waals surface area contributed by atoms with E-state index in [1.165, 1.54) is 0 Å². The molecule has 0 amide bonds. The normalized spacial score (nSPS) is 10.4. The molecule has 4 aromatic rings. The van der Waals surface area contributed by atoms with E-state index >= 15 is 0 Å². The number of azide groups is 1. The van der Waals surface area contributed by atoms with Crippen LogP contribution in [0.1, 0.15) is 11.3 Å². The molecule has 0 saturated carbocycles. The van der Waals surface area contributed by atoms with Crippen LogP contribution in [-0.4, -0.2) is 20.1 Å². The predicted octanol–water partition coefficient (Wildman–Crippen LogP) is 7.50. The molecule has 0 fully saturated rings. The molecule has 0 radical (unpaired) electrons. The molecule has 0 bridgehead atoms. The summed E-state index contributed by atoms with van der Waals surface area (Å²) in [6, 6.07) is 21.6. The van der Waals surface area contributed by atoms with Crippen molar-refractivity contribution in [1.29, 1.82) is 0 Å². The monoisotopic (exact) mass is 542 g/mol. The van der Waals surface area contributed by atoms with Gasteiger partial charge in [-0.1, -0.05) is 63.0 Å². The second-order valence-electron chi connectivity index (χ2n) is 6.58. The van der Waals surface area contributed by atoms with E-state index in [2.05, 4.69) is 36.6 Å². The molecule has 1 aromatic heterocycles. The lowest BCUT2D eigenvalue weighted by Crippen LogP contribution is -1.96. The number of benzene rings is 3. The van der Waals surface area contributed by atoms with Gasteiger partial charge in [0.25, 0.3) is 0 Å². The Kier molecular flexibility index (Phi) is 8.46. The Labute approximate surface area is 206 Å². The summed E-state index contributed by atoms with van der Waals surface area (Å²) in [6.07, 6.45) is 3.93. The average Bonchev–Trinajstić information content (AvgIpc) is 3.16. The van der Waals surface area contributed by atoms with E-state index in [1.807, 2.05) is 66.7 Å². The van der Waals surface area contributed by atoms with Crippen LogP contribution in [0.5, 0.6) is 5.75 Å². The number of fused-ring (bicyclic) bond motifs is 1. The standard InChI is InChI=1S/C23H16BrClN4O.O2S/c1-30-23-14-22-16(12-20(23)25)11-19(29(22)18-5-3-2-4-6-18)10-8-15-7-9-17(24)13-21(15)27-28-26;1-3-2/h2-14H,1H3;/b10-8+;. The Hall–Kier alpha value is -3.36. The first-order chi connectivity index (χ1) is 16.0. The summed E-state index contributed by atoms with van der Waals surface area (Å²) in [5.41, 5.74) is 13.2. The minimum atomic E-state index is -0.750. The van der Waals surface area contributed by atoms with Gasteiger partial charge in [0.15, 0.2) is 0 Å². The third-order valence-corrected chi connectivity index (χ3v) is 5.49. The average molecular weight is 544 g/mol. The molecule has 33 heavy (non-hydrogen) atoms. The van der Waals surface area contributed by atoms with Gasteiger partial charge in [0.05, 0.1) is 17.6 Å². The van der Waals surface area contributed by atoms with Crippen LogP contribution in [0.25, 0.3) is 39.2 Å². The first-order valence-corrected chi connectivity index (χ1v) is 11.2. The molecule has 1 heterocycles. The Morgan fingerprint density at radius 1 is 1.09 bits per heavy atom. The van der Waals surface area contributed by atoms with Crippen LogP contribution in [0.3, 0.4) is 0 Å². The molecule has 0 aliphatic rings. The maximum absolute atomic E-state index is 8.87. The van der Waals surface area contributed by atoms with Crippen molar-refractivity contribution >= 4 is 67.8 Å². The zero-order valence-electron chi connectivity index (χ0n) is 17.2. The highest BCUT2D eigenvalue weighted by Crippen LogP contribution is 2.34. The second kappa shape index (κ2) is 11.5. The van der Waals surface area contributed by atoms with Gasteiger partial charge in [-0.25, -0.2) is 0 Å². The zero-order valence-corrected chi connectivity index (χ0v) is 20.3. The zero-order chi connectivity index (χ0) is 23.8. The van der Waals surface area contributed by atoms with Gasteiger partial charge in [0.1, 0.15) is 5.75 Å². The largest absolute Gasteiger partial charge is 0.495 e. The van der Waals surface area contributed by atoms with Gasteiger partial charge in [0, 0.05) is 37.9 Å². The predicted molar refractivity (Wildman–Crippen MR) is 136 cm³/mol. The minimum Gasteiger partial charge on any atom is -0.495 e. The number of halogens is 2. The SMILES string of the molecule is COc1cc2c(cc1Cl)cc(/C=C/c1ccc(Br)cc1N=[N+]=[N-])n2-c1ccccc1.O=S=O. The highest BCUT2D eigenvalue weighted by molar-refractivity contribution is 9.10. The van der Waals surface area contributed by atoms with Crippen LogP contribution in [0.15, 0.2) is 76.3 Å². The molecule has 3 aromatic carbocycles.